The van der Waals surface area contributed by atoms with Crippen molar-refractivity contribution < 1.29 is 9.47 Å². The summed E-state index contributed by atoms with van der Waals surface area (Å²) in [6, 6.07) is 40.7. The number of aromatic nitrogens is 1. The van der Waals surface area contributed by atoms with Crippen LogP contribution in [0.3, 0.4) is 0 Å². The second-order valence-electron chi connectivity index (χ2n) is 19.9. The maximum atomic E-state index is 6.46. The molecule has 56 heavy (non-hydrogen) atoms. The summed E-state index contributed by atoms with van der Waals surface area (Å²) in [7, 11) is 0. The molecule has 0 aliphatic carbocycles. The molecule has 5 nitrogen and oxygen atoms in total. The summed E-state index contributed by atoms with van der Waals surface area (Å²) < 4.78 is 12.9. The minimum absolute atomic E-state index is 0.0872. The van der Waals surface area contributed by atoms with Crippen molar-refractivity contribution in [2.45, 2.75) is 94.2 Å². The Bertz CT molecular complexity index is 2140. The van der Waals surface area contributed by atoms with Gasteiger partial charge < -0.3 is 9.47 Å². The van der Waals surface area contributed by atoms with Crippen LogP contribution < -0.4 is 0 Å². The molecule has 7 rings (SSSR count). The van der Waals surface area contributed by atoms with Crippen molar-refractivity contribution >= 4 is 11.8 Å². The van der Waals surface area contributed by atoms with Gasteiger partial charge in [-0.15, -0.1) is 0 Å². The lowest BCUT2D eigenvalue weighted by atomic mass is 9.61. The topological polar surface area (TPSA) is 56.1 Å². The van der Waals surface area contributed by atoms with Crippen LogP contribution in [0, 0.1) is 21.7 Å². The van der Waals surface area contributed by atoms with Crippen LogP contribution in [-0.2, 0) is 9.47 Å². The number of aliphatic imine (C=N–C) groups is 2. The summed E-state index contributed by atoms with van der Waals surface area (Å²) in [5.74, 6) is 1.38. The normalized spacial score (nSPS) is 16.9. The molecule has 0 unspecified atom stereocenters. The fourth-order valence-corrected chi connectivity index (χ4v) is 9.01. The van der Waals surface area contributed by atoms with Crippen LogP contribution in [0.5, 0.6) is 0 Å². The van der Waals surface area contributed by atoms with Crippen molar-refractivity contribution in [3.63, 3.8) is 0 Å². The van der Waals surface area contributed by atoms with Gasteiger partial charge in [-0.3, -0.25) is 0 Å². The highest BCUT2D eigenvalue weighted by molar-refractivity contribution is 5.98. The van der Waals surface area contributed by atoms with Crippen molar-refractivity contribution in [2.75, 3.05) is 13.2 Å². The molecule has 0 bridgehead atoms. The molecule has 0 atom stereocenters. The van der Waals surface area contributed by atoms with Gasteiger partial charge in [-0.25, -0.2) is 15.0 Å². The lowest BCUT2D eigenvalue weighted by Gasteiger charge is -2.47. The highest BCUT2D eigenvalue weighted by Crippen LogP contribution is 2.51. The van der Waals surface area contributed by atoms with Gasteiger partial charge in [0.05, 0.1) is 11.4 Å². The summed E-state index contributed by atoms with van der Waals surface area (Å²) in [6.45, 7) is 28.3. The number of pyridine rings is 1. The van der Waals surface area contributed by atoms with Crippen molar-refractivity contribution in [1.29, 1.82) is 0 Å². The molecule has 0 saturated heterocycles. The maximum absolute atomic E-state index is 6.46. The molecule has 0 fully saturated rings. The van der Waals surface area contributed by atoms with E-state index in [1.165, 1.54) is 11.1 Å². The Morgan fingerprint density at radius 2 is 0.714 bits per heavy atom. The van der Waals surface area contributed by atoms with Gasteiger partial charge in [-0.2, -0.15) is 0 Å². The van der Waals surface area contributed by atoms with Crippen LogP contribution in [0.25, 0.3) is 44.8 Å². The number of rotatable bonds is 6. The lowest BCUT2D eigenvalue weighted by molar-refractivity contribution is 0.0364. The average molecular weight is 746 g/mol. The zero-order valence-corrected chi connectivity index (χ0v) is 35.5. The zero-order chi connectivity index (χ0) is 40.3. The third-order valence-corrected chi connectivity index (χ3v) is 12.3. The molecule has 290 valence electrons. The van der Waals surface area contributed by atoms with Crippen LogP contribution in [0.4, 0.5) is 0 Å². The van der Waals surface area contributed by atoms with E-state index < -0.39 is 0 Å². The van der Waals surface area contributed by atoms with E-state index in [0.29, 0.717) is 25.0 Å². The largest absolute Gasteiger partial charge is 0.475 e. The molecular weight excluding hydrogens is 687 g/mol. The third-order valence-electron chi connectivity index (χ3n) is 12.3. The molecule has 2 aliphatic rings. The highest BCUT2D eigenvalue weighted by atomic mass is 16.5. The molecule has 2 aliphatic heterocycles. The molecule has 4 aromatic carbocycles. The Kier molecular flexibility index (Phi) is 9.71. The second-order valence-corrected chi connectivity index (χ2v) is 19.9. The average Bonchev–Trinajstić information content (AvgIpc) is 3.84. The first-order valence-corrected chi connectivity index (χ1v) is 20.1. The summed E-state index contributed by atoms with van der Waals surface area (Å²) in [4.78, 5) is 16.1. The molecule has 0 radical (unpaired) electrons. The molecule has 5 heteroatoms. The lowest BCUT2D eigenvalue weighted by Crippen LogP contribution is -2.52. The maximum Gasteiger partial charge on any atom is 0.216 e. The predicted octanol–water partition coefficient (Wildman–Crippen LogP) is 13.0. The molecule has 0 saturated carbocycles. The number of hydrogen-bond donors (Lipinski definition) is 0. The van der Waals surface area contributed by atoms with Crippen molar-refractivity contribution in [3.05, 3.63) is 126 Å². The summed E-state index contributed by atoms with van der Waals surface area (Å²) in [5, 5.41) is 0. The van der Waals surface area contributed by atoms with Gasteiger partial charge in [-0.1, -0.05) is 162 Å². The van der Waals surface area contributed by atoms with Crippen LogP contribution in [-0.4, -0.2) is 41.1 Å². The van der Waals surface area contributed by atoms with E-state index in [4.69, 9.17) is 24.4 Å². The Balaban J connectivity index is 1.33. The molecule has 1 aromatic heterocycles. The number of benzene rings is 4. The quantitative estimate of drug-likeness (QED) is 0.174. The van der Waals surface area contributed by atoms with E-state index in [0.717, 1.165) is 44.8 Å². The Hall–Kier alpha value is -5.03. The fourth-order valence-electron chi connectivity index (χ4n) is 9.01. The van der Waals surface area contributed by atoms with Gasteiger partial charge in [0.15, 0.2) is 0 Å². The van der Waals surface area contributed by atoms with Crippen molar-refractivity contribution in [3.8, 4) is 44.8 Å². The number of ether oxygens (including phenoxy) is 2. The highest BCUT2D eigenvalue weighted by Gasteiger charge is 2.55. The molecule has 0 N–H and O–H groups in total. The summed E-state index contributed by atoms with van der Waals surface area (Å²) >= 11 is 0. The summed E-state index contributed by atoms with van der Waals surface area (Å²) in [6.07, 6.45) is 0. The fraction of sp³-hybridized carbons (Fsp3) is 0.392. The van der Waals surface area contributed by atoms with Crippen molar-refractivity contribution in [1.82, 2.24) is 4.98 Å². The van der Waals surface area contributed by atoms with Crippen LogP contribution in [0.2, 0.25) is 0 Å². The minimum atomic E-state index is -0.361. The van der Waals surface area contributed by atoms with Gasteiger partial charge >= 0.3 is 0 Å². The smallest absolute Gasteiger partial charge is 0.216 e. The van der Waals surface area contributed by atoms with Gasteiger partial charge in [-0.05, 0) is 80.3 Å². The van der Waals surface area contributed by atoms with Crippen LogP contribution in [0.15, 0.2) is 125 Å². The first-order valence-electron chi connectivity index (χ1n) is 20.1. The van der Waals surface area contributed by atoms with Gasteiger partial charge in [0, 0.05) is 22.3 Å². The number of nitrogens with zero attached hydrogens (tertiary/aromatic N) is 3. The molecule has 0 amide bonds. The van der Waals surface area contributed by atoms with Gasteiger partial charge in [0.25, 0.3) is 0 Å². The van der Waals surface area contributed by atoms with E-state index in [1.54, 1.807) is 0 Å². The second kappa shape index (κ2) is 13.9. The van der Waals surface area contributed by atoms with E-state index in [9.17, 15) is 0 Å². The zero-order valence-electron chi connectivity index (χ0n) is 35.5. The van der Waals surface area contributed by atoms with Gasteiger partial charge in [0.1, 0.15) is 24.3 Å². The first-order chi connectivity index (χ1) is 26.2. The Morgan fingerprint density at radius 3 is 1.09 bits per heavy atom. The monoisotopic (exact) mass is 745 g/mol. The SMILES string of the molecule is CC(C)(C)C1(C(C)(C)C)COC(c2cccc(-c3cc(-c4ccc(-c5ccccc5)cc4)cc(-c4cccc(C5=NC(C(C)(C)C)(C(C)(C)C)CO5)c4)n3)c2)=N1. The Labute approximate surface area is 335 Å². The predicted molar refractivity (Wildman–Crippen MR) is 234 cm³/mol. The molecule has 3 heterocycles. The van der Waals surface area contributed by atoms with E-state index in [1.807, 2.05) is 0 Å². The van der Waals surface area contributed by atoms with E-state index in [2.05, 4.69) is 198 Å². The van der Waals surface area contributed by atoms with Crippen molar-refractivity contribution in [2.24, 2.45) is 31.6 Å². The molecule has 5 aromatic rings. The van der Waals surface area contributed by atoms with Crippen LogP contribution in [0.1, 0.15) is 94.2 Å². The molecular formula is C51H59N3O2. The van der Waals surface area contributed by atoms with E-state index >= 15 is 0 Å². The van der Waals surface area contributed by atoms with Crippen LogP contribution >= 0.6 is 0 Å². The standard InChI is InChI=1S/C51H59N3O2/c1-46(2,3)50(47(4,5)6)32-55-44(53-50)39-22-16-20-37(28-39)42-30-41(36-26-24-35(25-27-36)34-18-14-13-15-19-34)31-43(52-42)38-21-17-23-40(29-38)45-54-51(33-56-45,48(7,8)9)49(10,11)12/h13-31H,32-33H2,1-12H3. The first kappa shape index (κ1) is 39.2. The molecule has 0 spiro atoms. The number of hydrogen-bond acceptors (Lipinski definition) is 5. The third kappa shape index (κ3) is 6.99. The van der Waals surface area contributed by atoms with Gasteiger partial charge in [0.2, 0.25) is 11.8 Å². The summed E-state index contributed by atoms with van der Waals surface area (Å²) in [5.41, 5.74) is 9.19. The Morgan fingerprint density at radius 1 is 0.375 bits per heavy atom. The van der Waals surface area contributed by atoms with E-state index in [-0.39, 0.29) is 32.7 Å². The minimum Gasteiger partial charge on any atom is -0.475 e.